The van der Waals surface area contributed by atoms with Crippen LogP contribution in [0.4, 0.5) is 0 Å². The Hall–Kier alpha value is -1.35. The van der Waals surface area contributed by atoms with Crippen LogP contribution in [0.2, 0.25) is 0 Å². The van der Waals surface area contributed by atoms with Gasteiger partial charge in [0.15, 0.2) is 0 Å². The van der Waals surface area contributed by atoms with Crippen LogP contribution in [0.1, 0.15) is 28.7 Å². The molecular formula is C15H21NO2. The lowest BCUT2D eigenvalue weighted by atomic mass is 9.99. The fourth-order valence-corrected chi connectivity index (χ4v) is 2.86. The summed E-state index contributed by atoms with van der Waals surface area (Å²) in [5.41, 5.74) is 5.27. The van der Waals surface area contributed by atoms with Crippen LogP contribution in [0.15, 0.2) is 12.1 Å². The monoisotopic (exact) mass is 247 g/mol. The highest BCUT2D eigenvalue weighted by Crippen LogP contribution is 2.23. The van der Waals surface area contributed by atoms with Crippen molar-refractivity contribution >= 4 is 5.97 Å². The maximum Gasteiger partial charge on any atom is 0.307 e. The molecule has 3 heteroatoms. The van der Waals surface area contributed by atoms with E-state index in [-0.39, 0.29) is 5.92 Å². The molecule has 1 aliphatic heterocycles. The van der Waals surface area contributed by atoms with Gasteiger partial charge in [-0.1, -0.05) is 17.7 Å². The molecule has 1 atom stereocenters. The summed E-state index contributed by atoms with van der Waals surface area (Å²) in [5.74, 6) is -0.842. The zero-order valence-corrected chi connectivity index (χ0v) is 11.4. The fourth-order valence-electron chi connectivity index (χ4n) is 2.86. The average Bonchev–Trinajstić information content (AvgIpc) is 2.71. The summed E-state index contributed by atoms with van der Waals surface area (Å²) in [7, 11) is 0. The lowest BCUT2D eigenvalue weighted by Gasteiger charge is -2.19. The van der Waals surface area contributed by atoms with E-state index in [1.807, 2.05) is 0 Å². The molecule has 18 heavy (non-hydrogen) atoms. The van der Waals surface area contributed by atoms with Crippen molar-refractivity contribution in [3.05, 3.63) is 34.4 Å². The van der Waals surface area contributed by atoms with E-state index in [1.54, 1.807) is 0 Å². The van der Waals surface area contributed by atoms with Crippen LogP contribution in [0.3, 0.4) is 0 Å². The van der Waals surface area contributed by atoms with Gasteiger partial charge in [-0.3, -0.25) is 9.69 Å². The summed E-state index contributed by atoms with van der Waals surface area (Å²) in [6, 6.07) is 4.40. The number of hydrogen-bond acceptors (Lipinski definition) is 2. The molecular weight excluding hydrogens is 226 g/mol. The first kappa shape index (κ1) is 13.1. The molecule has 1 aliphatic rings. The Morgan fingerprint density at radius 1 is 1.33 bits per heavy atom. The molecule has 0 radical (unpaired) electrons. The maximum atomic E-state index is 11.0. The van der Waals surface area contributed by atoms with Crippen molar-refractivity contribution in [1.82, 2.24) is 4.90 Å². The molecule has 0 saturated carbocycles. The summed E-state index contributed by atoms with van der Waals surface area (Å²) in [5, 5.41) is 9.02. The predicted molar refractivity (Wildman–Crippen MR) is 71.7 cm³/mol. The minimum atomic E-state index is -0.658. The van der Waals surface area contributed by atoms with Crippen LogP contribution in [0, 0.1) is 26.7 Å². The molecule has 1 aromatic carbocycles. The van der Waals surface area contributed by atoms with E-state index >= 15 is 0 Å². The van der Waals surface area contributed by atoms with Crippen LogP contribution in [-0.2, 0) is 11.3 Å². The van der Waals surface area contributed by atoms with Gasteiger partial charge in [-0.25, -0.2) is 0 Å². The van der Waals surface area contributed by atoms with E-state index in [0.717, 1.165) is 19.5 Å². The Bertz CT molecular complexity index is 445. The first-order valence-corrected chi connectivity index (χ1v) is 6.49. The van der Waals surface area contributed by atoms with Gasteiger partial charge in [0.2, 0.25) is 0 Å². The van der Waals surface area contributed by atoms with Crippen molar-refractivity contribution in [2.24, 2.45) is 5.92 Å². The summed E-state index contributed by atoms with van der Waals surface area (Å²) in [6.07, 6.45) is 0.777. The standard InChI is InChI=1S/C15H21NO2/c1-10-6-11(2)14(12(3)7-10)9-16-5-4-13(8-16)15(17)18/h6-7,13H,4-5,8-9H2,1-3H3,(H,17,18). The second-order valence-electron chi connectivity index (χ2n) is 5.44. The molecule has 2 rings (SSSR count). The van der Waals surface area contributed by atoms with Crippen molar-refractivity contribution in [3.63, 3.8) is 0 Å². The molecule has 98 valence electrons. The number of carboxylic acids is 1. The topological polar surface area (TPSA) is 40.5 Å². The van der Waals surface area contributed by atoms with Gasteiger partial charge in [0.05, 0.1) is 5.92 Å². The number of carboxylic acid groups (broad SMARTS) is 1. The first-order chi connectivity index (χ1) is 8.47. The third kappa shape index (κ3) is 2.72. The van der Waals surface area contributed by atoms with E-state index in [1.165, 1.54) is 22.3 Å². The number of rotatable bonds is 3. The van der Waals surface area contributed by atoms with Gasteiger partial charge >= 0.3 is 5.97 Å². The molecule has 1 fully saturated rings. The van der Waals surface area contributed by atoms with E-state index in [0.29, 0.717) is 6.54 Å². The normalized spacial score (nSPS) is 20.3. The van der Waals surface area contributed by atoms with Gasteiger partial charge in [0.1, 0.15) is 0 Å². The molecule has 0 aromatic heterocycles. The van der Waals surface area contributed by atoms with E-state index in [2.05, 4.69) is 37.8 Å². The van der Waals surface area contributed by atoms with E-state index in [4.69, 9.17) is 5.11 Å². The molecule has 0 aliphatic carbocycles. The molecule has 1 unspecified atom stereocenters. The Labute approximate surface area is 108 Å². The largest absolute Gasteiger partial charge is 0.481 e. The Kier molecular flexibility index (Phi) is 3.71. The van der Waals surface area contributed by atoms with Crippen molar-refractivity contribution in [3.8, 4) is 0 Å². The first-order valence-electron chi connectivity index (χ1n) is 6.49. The lowest BCUT2D eigenvalue weighted by Crippen LogP contribution is -2.23. The minimum Gasteiger partial charge on any atom is -0.481 e. The smallest absolute Gasteiger partial charge is 0.307 e. The van der Waals surface area contributed by atoms with Gasteiger partial charge < -0.3 is 5.11 Å². The van der Waals surface area contributed by atoms with Gasteiger partial charge in [-0.2, -0.15) is 0 Å². The number of aryl methyl sites for hydroxylation is 3. The Morgan fingerprint density at radius 2 is 1.94 bits per heavy atom. The maximum absolute atomic E-state index is 11.0. The molecule has 1 aromatic rings. The summed E-state index contributed by atoms with van der Waals surface area (Å²) in [6.45, 7) is 8.84. The molecule has 1 heterocycles. The number of aliphatic carboxylic acids is 1. The molecule has 0 bridgehead atoms. The van der Waals surface area contributed by atoms with Crippen LogP contribution in [-0.4, -0.2) is 29.1 Å². The average molecular weight is 247 g/mol. The second kappa shape index (κ2) is 5.11. The number of benzene rings is 1. The number of hydrogen-bond donors (Lipinski definition) is 1. The summed E-state index contributed by atoms with van der Waals surface area (Å²) >= 11 is 0. The molecule has 3 nitrogen and oxygen atoms in total. The third-order valence-corrected chi connectivity index (χ3v) is 3.84. The molecule has 1 saturated heterocycles. The molecule has 0 spiro atoms. The highest BCUT2D eigenvalue weighted by Gasteiger charge is 2.28. The minimum absolute atomic E-state index is 0.184. The van der Waals surface area contributed by atoms with E-state index in [9.17, 15) is 4.79 Å². The van der Waals surface area contributed by atoms with Crippen LogP contribution >= 0.6 is 0 Å². The zero-order valence-electron chi connectivity index (χ0n) is 11.4. The fraction of sp³-hybridized carbons (Fsp3) is 0.533. The van der Waals surface area contributed by atoms with Gasteiger partial charge in [0.25, 0.3) is 0 Å². The Balaban J connectivity index is 2.09. The Morgan fingerprint density at radius 3 is 2.44 bits per heavy atom. The van der Waals surface area contributed by atoms with Crippen molar-refractivity contribution in [2.45, 2.75) is 33.7 Å². The molecule has 0 amide bonds. The second-order valence-corrected chi connectivity index (χ2v) is 5.44. The van der Waals surface area contributed by atoms with Gasteiger partial charge in [-0.05, 0) is 50.4 Å². The van der Waals surface area contributed by atoms with Crippen molar-refractivity contribution < 1.29 is 9.90 Å². The summed E-state index contributed by atoms with van der Waals surface area (Å²) in [4.78, 5) is 13.2. The number of carbonyl (C=O) groups is 1. The van der Waals surface area contributed by atoms with Crippen molar-refractivity contribution in [1.29, 1.82) is 0 Å². The van der Waals surface area contributed by atoms with Crippen molar-refractivity contribution in [2.75, 3.05) is 13.1 Å². The highest BCUT2D eigenvalue weighted by atomic mass is 16.4. The summed E-state index contributed by atoms with van der Waals surface area (Å²) < 4.78 is 0. The van der Waals surface area contributed by atoms with Crippen LogP contribution in [0.25, 0.3) is 0 Å². The SMILES string of the molecule is Cc1cc(C)c(CN2CCC(C(=O)O)C2)c(C)c1. The van der Waals surface area contributed by atoms with Gasteiger partial charge in [-0.15, -0.1) is 0 Å². The van der Waals surface area contributed by atoms with Gasteiger partial charge in [0, 0.05) is 13.1 Å². The van der Waals surface area contributed by atoms with E-state index < -0.39 is 5.97 Å². The lowest BCUT2D eigenvalue weighted by molar-refractivity contribution is -0.141. The van der Waals surface area contributed by atoms with Crippen LogP contribution in [0.5, 0.6) is 0 Å². The predicted octanol–water partition coefficient (Wildman–Crippen LogP) is 2.52. The number of likely N-dealkylation sites (tertiary alicyclic amines) is 1. The quantitative estimate of drug-likeness (QED) is 0.892. The highest BCUT2D eigenvalue weighted by molar-refractivity contribution is 5.70. The molecule has 1 N–H and O–H groups in total. The van der Waals surface area contributed by atoms with Crippen LogP contribution < -0.4 is 0 Å². The zero-order chi connectivity index (χ0) is 13.3. The number of nitrogens with zero attached hydrogens (tertiary/aromatic N) is 1. The third-order valence-electron chi connectivity index (χ3n) is 3.84.